The Kier molecular flexibility index (Phi) is 3.85. The highest BCUT2D eigenvalue weighted by Crippen LogP contribution is 2.46. The van der Waals surface area contributed by atoms with Crippen molar-refractivity contribution in [1.82, 2.24) is 0 Å². The zero-order valence-electron chi connectivity index (χ0n) is 14.5. The van der Waals surface area contributed by atoms with Gasteiger partial charge in [-0.25, -0.2) is 0 Å². The maximum atomic E-state index is 6.43. The lowest BCUT2D eigenvalue weighted by Crippen LogP contribution is -2.56. The van der Waals surface area contributed by atoms with Crippen LogP contribution in [0.1, 0.15) is 40.5 Å². The molecule has 130 valence electrons. The SMILES string of the molecule is C=C1C[C@H](CC(C)C)O[C@@H]2[C@H]3O[C@@H]4OC(C)(C)O[C@@H]4[C@H]3OC[C@@H]12. The smallest absolute Gasteiger partial charge is 0.190 e. The number of rotatable bonds is 2. The molecule has 4 rings (SSSR count). The molecule has 4 heterocycles. The molecular formula is C18H28O5. The standard InChI is InChI=1S/C18H28O5/c1-9(2)6-11-7-10(3)12-8-19-14-15(13(12)20-11)21-17-16(14)22-18(4,5)23-17/h9,11-17H,3,6-8H2,1-2,4-5H3/t11-,12-,13-,14-,15+,16+,17+/m0/s1. The van der Waals surface area contributed by atoms with E-state index < -0.39 is 5.79 Å². The van der Waals surface area contributed by atoms with Crippen molar-refractivity contribution in [3.63, 3.8) is 0 Å². The van der Waals surface area contributed by atoms with E-state index in [4.69, 9.17) is 23.7 Å². The molecule has 7 atom stereocenters. The Hall–Kier alpha value is -0.460. The molecule has 4 aliphatic heterocycles. The van der Waals surface area contributed by atoms with Crippen LogP contribution >= 0.6 is 0 Å². The van der Waals surface area contributed by atoms with Gasteiger partial charge in [-0.15, -0.1) is 0 Å². The minimum Gasteiger partial charge on any atom is -0.372 e. The topological polar surface area (TPSA) is 46.2 Å². The van der Waals surface area contributed by atoms with Crippen LogP contribution in [0.4, 0.5) is 0 Å². The van der Waals surface area contributed by atoms with E-state index in [-0.39, 0.29) is 42.7 Å². The molecule has 0 aromatic heterocycles. The van der Waals surface area contributed by atoms with Crippen LogP contribution in [0.3, 0.4) is 0 Å². The van der Waals surface area contributed by atoms with Crippen molar-refractivity contribution >= 4 is 0 Å². The average Bonchev–Trinajstić information content (AvgIpc) is 2.90. The first-order valence-electron chi connectivity index (χ1n) is 8.80. The lowest BCUT2D eigenvalue weighted by molar-refractivity contribution is -0.260. The molecule has 5 nitrogen and oxygen atoms in total. The summed E-state index contributed by atoms with van der Waals surface area (Å²) in [5.41, 5.74) is 1.23. The first kappa shape index (κ1) is 16.0. The second-order valence-corrected chi connectivity index (χ2v) is 8.19. The summed E-state index contributed by atoms with van der Waals surface area (Å²) in [5.74, 6) is 0.209. The van der Waals surface area contributed by atoms with Gasteiger partial charge in [0.1, 0.15) is 18.3 Å². The molecule has 0 saturated carbocycles. The van der Waals surface area contributed by atoms with Gasteiger partial charge in [-0.2, -0.15) is 0 Å². The molecule has 0 unspecified atom stereocenters. The molecule has 23 heavy (non-hydrogen) atoms. The van der Waals surface area contributed by atoms with Crippen LogP contribution in [0.15, 0.2) is 12.2 Å². The molecule has 0 aromatic rings. The van der Waals surface area contributed by atoms with Crippen molar-refractivity contribution in [3.05, 3.63) is 12.2 Å². The molecule has 4 fully saturated rings. The van der Waals surface area contributed by atoms with Gasteiger partial charge in [-0.1, -0.05) is 26.0 Å². The molecule has 0 N–H and O–H groups in total. The van der Waals surface area contributed by atoms with E-state index in [9.17, 15) is 0 Å². The van der Waals surface area contributed by atoms with Crippen LogP contribution < -0.4 is 0 Å². The molecule has 5 heteroatoms. The summed E-state index contributed by atoms with van der Waals surface area (Å²) >= 11 is 0. The van der Waals surface area contributed by atoms with Crippen LogP contribution in [-0.4, -0.2) is 49.2 Å². The third kappa shape index (κ3) is 2.76. The predicted octanol–water partition coefficient (Wildman–Crippen LogP) is 2.64. The fourth-order valence-electron chi connectivity index (χ4n) is 4.40. The monoisotopic (exact) mass is 324 g/mol. The van der Waals surface area contributed by atoms with Crippen molar-refractivity contribution in [2.45, 2.75) is 83.1 Å². The van der Waals surface area contributed by atoms with Crippen LogP contribution in [0.2, 0.25) is 0 Å². The van der Waals surface area contributed by atoms with E-state index in [0.717, 1.165) is 12.8 Å². The van der Waals surface area contributed by atoms with Gasteiger partial charge < -0.3 is 23.7 Å². The lowest BCUT2D eigenvalue weighted by atomic mass is 9.80. The summed E-state index contributed by atoms with van der Waals surface area (Å²) in [4.78, 5) is 0. The fourth-order valence-corrected chi connectivity index (χ4v) is 4.40. The average molecular weight is 324 g/mol. The first-order chi connectivity index (χ1) is 10.8. The minimum absolute atomic E-state index is 0.000313. The zero-order chi connectivity index (χ0) is 16.4. The van der Waals surface area contributed by atoms with E-state index in [1.807, 2.05) is 13.8 Å². The second kappa shape index (κ2) is 5.53. The summed E-state index contributed by atoms with van der Waals surface area (Å²) in [7, 11) is 0. The van der Waals surface area contributed by atoms with Gasteiger partial charge in [0.2, 0.25) is 0 Å². The lowest BCUT2D eigenvalue weighted by Gasteiger charge is -2.46. The summed E-state index contributed by atoms with van der Waals surface area (Å²) in [6.07, 6.45) is 1.42. The Balaban J connectivity index is 1.51. The Morgan fingerprint density at radius 2 is 1.87 bits per heavy atom. The zero-order valence-corrected chi connectivity index (χ0v) is 14.5. The van der Waals surface area contributed by atoms with Crippen LogP contribution in [-0.2, 0) is 23.7 Å². The maximum Gasteiger partial charge on any atom is 0.190 e. The van der Waals surface area contributed by atoms with Crippen LogP contribution in [0.5, 0.6) is 0 Å². The van der Waals surface area contributed by atoms with E-state index in [1.54, 1.807) is 0 Å². The van der Waals surface area contributed by atoms with Gasteiger partial charge in [0.05, 0.1) is 18.8 Å². The quantitative estimate of drug-likeness (QED) is 0.731. The Morgan fingerprint density at radius 1 is 1.09 bits per heavy atom. The summed E-state index contributed by atoms with van der Waals surface area (Å²) in [5, 5.41) is 0. The van der Waals surface area contributed by atoms with Crippen molar-refractivity contribution in [1.29, 1.82) is 0 Å². The summed E-state index contributed by atoms with van der Waals surface area (Å²) in [6, 6.07) is 0. The van der Waals surface area contributed by atoms with E-state index in [0.29, 0.717) is 12.5 Å². The Bertz CT molecular complexity index is 488. The van der Waals surface area contributed by atoms with Crippen molar-refractivity contribution in [2.24, 2.45) is 11.8 Å². The van der Waals surface area contributed by atoms with Crippen molar-refractivity contribution in [2.75, 3.05) is 6.61 Å². The maximum absolute atomic E-state index is 6.43. The number of fused-ring (bicyclic) bond motifs is 5. The van der Waals surface area contributed by atoms with Crippen LogP contribution in [0.25, 0.3) is 0 Å². The van der Waals surface area contributed by atoms with Gasteiger partial charge >= 0.3 is 0 Å². The molecule has 0 spiro atoms. The van der Waals surface area contributed by atoms with Gasteiger partial charge in [-0.3, -0.25) is 0 Å². The third-order valence-corrected chi connectivity index (χ3v) is 5.31. The summed E-state index contributed by atoms with van der Waals surface area (Å²) < 4.78 is 30.5. The summed E-state index contributed by atoms with van der Waals surface area (Å²) in [6.45, 7) is 13.2. The highest BCUT2D eigenvalue weighted by molar-refractivity contribution is 5.15. The highest BCUT2D eigenvalue weighted by Gasteiger charge is 2.61. The molecule has 0 bridgehead atoms. The minimum atomic E-state index is -0.613. The van der Waals surface area contributed by atoms with Crippen molar-refractivity contribution < 1.29 is 23.7 Å². The largest absolute Gasteiger partial charge is 0.372 e. The van der Waals surface area contributed by atoms with Gasteiger partial charge in [-0.05, 0) is 32.6 Å². The predicted molar refractivity (Wildman–Crippen MR) is 83.8 cm³/mol. The Morgan fingerprint density at radius 3 is 2.61 bits per heavy atom. The van der Waals surface area contributed by atoms with Gasteiger partial charge in [0.25, 0.3) is 0 Å². The van der Waals surface area contributed by atoms with Crippen molar-refractivity contribution in [3.8, 4) is 0 Å². The van der Waals surface area contributed by atoms with Crippen LogP contribution in [0, 0.1) is 11.8 Å². The fraction of sp³-hybridized carbons (Fsp3) is 0.889. The molecule has 0 aromatic carbocycles. The van der Waals surface area contributed by atoms with E-state index in [2.05, 4.69) is 20.4 Å². The van der Waals surface area contributed by atoms with Gasteiger partial charge in [0.15, 0.2) is 12.1 Å². The molecule has 0 radical (unpaired) electrons. The normalized spacial score (nSPS) is 48.2. The van der Waals surface area contributed by atoms with E-state index in [1.165, 1.54) is 5.57 Å². The first-order valence-corrected chi connectivity index (χ1v) is 8.80. The number of hydrogen-bond acceptors (Lipinski definition) is 5. The molecule has 4 saturated heterocycles. The molecular weight excluding hydrogens is 296 g/mol. The van der Waals surface area contributed by atoms with E-state index >= 15 is 0 Å². The molecule has 0 amide bonds. The molecule has 0 aliphatic carbocycles. The molecule has 4 aliphatic rings. The highest BCUT2D eigenvalue weighted by atomic mass is 16.8. The second-order valence-electron chi connectivity index (χ2n) is 8.19. The Labute approximate surface area is 138 Å². The third-order valence-electron chi connectivity index (χ3n) is 5.31. The number of ether oxygens (including phenoxy) is 5. The number of hydrogen-bond donors (Lipinski definition) is 0. The van der Waals surface area contributed by atoms with Gasteiger partial charge in [0, 0.05) is 5.92 Å².